The van der Waals surface area contributed by atoms with Crippen LogP contribution in [0.4, 0.5) is 5.69 Å². The fraction of sp³-hybridized carbons (Fsp3) is 0.545. The number of hydrogen-bond acceptors (Lipinski definition) is 7. The maximum atomic E-state index is 12.1. The molecule has 0 atom stereocenters. The summed E-state index contributed by atoms with van der Waals surface area (Å²) < 4.78 is 24.7. The SMILES string of the molecule is CNS(=O)(=O)CCNC(=O)c1nc(C(C)C)ncc1NN. The van der Waals surface area contributed by atoms with E-state index < -0.39 is 15.9 Å². The van der Waals surface area contributed by atoms with Gasteiger partial charge in [-0.05, 0) is 7.05 Å². The van der Waals surface area contributed by atoms with Gasteiger partial charge in [-0.2, -0.15) is 0 Å². The Morgan fingerprint density at radius 1 is 1.43 bits per heavy atom. The fourth-order valence-electron chi connectivity index (χ4n) is 1.44. The molecular formula is C11H20N6O3S. The van der Waals surface area contributed by atoms with E-state index in [1.54, 1.807) is 0 Å². The van der Waals surface area contributed by atoms with Crippen molar-refractivity contribution in [3.8, 4) is 0 Å². The zero-order chi connectivity index (χ0) is 16.0. The van der Waals surface area contributed by atoms with Gasteiger partial charge in [-0.1, -0.05) is 13.8 Å². The quantitative estimate of drug-likeness (QED) is 0.380. The second-order valence-corrected chi connectivity index (χ2v) is 6.61. The first-order chi connectivity index (χ1) is 9.80. The van der Waals surface area contributed by atoms with Crippen LogP contribution >= 0.6 is 0 Å². The minimum Gasteiger partial charge on any atom is -0.350 e. The normalized spacial score (nSPS) is 11.5. The van der Waals surface area contributed by atoms with Gasteiger partial charge in [-0.15, -0.1) is 0 Å². The van der Waals surface area contributed by atoms with Gasteiger partial charge in [0.25, 0.3) is 5.91 Å². The highest BCUT2D eigenvalue weighted by Crippen LogP contribution is 2.15. The summed E-state index contributed by atoms with van der Waals surface area (Å²) in [5, 5.41) is 2.49. The summed E-state index contributed by atoms with van der Waals surface area (Å²) in [6.45, 7) is 3.76. The molecule has 0 fully saturated rings. The monoisotopic (exact) mass is 316 g/mol. The van der Waals surface area contributed by atoms with E-state index in [1.165, 1.54) is 13.2 Å². The average Bonchev–Trinajstić information content (AvgIpc) is 2.46. The van der Waals surface area contributed by atoms with Gasteiger partial charge < -0.3 is 10.7 Å². The second-order valence-electron chi connectivity index (χ2n) is 4.57. The Morgan fingerprint density at radius 2 is 2.10 bits per heavy atom. The van der Waals surface area contributed by atoms with Crippen LogP contribution in [-0.2, 0) is 10.0 Å². The largest absolute Gasteiger partial charge is 0.350 e. The van der Waals surface area contributed by atoms with Crippen molar-refractivity contribution in [2.24, 2.45) is 5.84 Å². The predicted molar refractivity (Wildman–Crippen MR) is 79.1 cm³/mol. The third-order valence-corrected chi connectivity index (χ3v) is 4.03. The van der Waals surface area contributed by atoms with Crippen molar-refractivity contribution in [2.75, 3.05) is 24.8 Å². The molecule has 1 heterocycles. The smallest absolute Gasteiger partial charge is 0.272 e. The van der Waals surface area contributed by atoms with Gasteiger partial charge in [0.05, 0.1) is 17.6 Å². The Hall–Kier alpha value is -1.78. The topological polar surface area (TPSA) is 139 Å². The van der Waals surface area contributed by atoms with Gasteiger partial charge in [0.2, 0.25) is 10.0 Å². The van der Waals surface area contributed by atoms with E-state index in [-0.39, 0.29) is 29.6 Å². The standard InChI is InChI=1S/C11H20N6O3S/c1-7(2)10-15-6-8(17-12)9(16-10)11(18)14-4-5-21(19,20)13-3/h6-7,13,17H,4-5,12H2,1-3H3,(H,14,18). The van der Waals surface area contributed by atoms with Crippen molar-refractivity contribution in [2.45, 2.75) is 19.8 Å². The minimum atomic E-state index is -3.37. The summed E-state index contributed by atoms with van der Waals surface area (Å²) in [7, 11) is -2.06. The number of carbonyl (C=O) groups is 1. The lowest BCUT2D eigenvalue weighted by Gasteiger charge is -2.11. The lowest BCUT2D eigenvalue weighted by atomic mass is 10.2. The molecule has 0 unspecified atom stereocenters. The molecule has 1 aromatic heterocycles. The maximum absolute atomic E-state index is 12.1. The Bertz CT molecular complexity index is 602. The second kappa shape index (κ2) is 7.29. The summed E-state index contributed by atoms with van der Waals surface area (Å²) >= 11 is 0. The molecule has 1 amide bonds. The van der Waals surface area contributed by atoms with Gasteiger partial charge in [0, 0.05) is 12.5 Å². The lowest BCUT2D eigenvalue weighted by molar-refractivity contribution is 0.0951. The van der Waals surface area contributed by atoms with Crippen molar-refractivity contribution >= 4 is 21.6 Å². The van der Waals surface area contributed by atoms with E-state index in [0.717, 1.165) is 0 Å². The fourth-order valence-corrected chi connectivity index (χ4v) is 2.01. The van der Waals surface area contributed by atoms with E-state index in [9.17, 15) is 13.2 Å². The summed E-state index contributed by atoms with van der Waals surface area (Å²) in [6, 6.07) is 0. The summed E-state index contributed by atoms with van der Waals surface area (Å²) in [6.07, 6.45) is 1.42. The molecular weight excluding hydrogens is 296 g/mol. The zero-order valence-electron chi connectivity index (χ0n) is 12.2. The van der Waals surface area contributed by atoms with E-state index >= 15 is 0 Å². The van der Waals surface area contributed by atoms with Crippen LogP contribution in [0.1, 0.15) is 36.1 Å². The molecule has 0 bridgehead atoms. The molecule has 1 rings (SSSR count). The van der Waals surface area contributed by atoms with Gasteiger partial charge in [-0.3, -0.25) is 10.6 Å². The van der Waals surface area contributed by atoms with Gasteiger partial charge in [0.15, 0.2) is 5.69 Å². The van der Waals surface area contributed by atoms with Crippen LogP contribution < -0.4 is 21.3 Å². The number of anilines is 1. The van der Waals surface area contributed by atoms with Crippen LogP contribution in [0.3, 0.4) is 0 Å². The minimum absolute atomic E-state index is 0.0347. The number of rotatable bonds is 7. The molecule has 5 N–H and O–H groups in total. The number of hydrogen-bond donors (Lipinski definition) is 4. The van der Waals surface area contributed by atoms with E-state index in [0.29, 0.717) is 5.82 Å². The number of carbonyl (C=O) groups excluding carboxylic acids is 1. The van der Waals surface area contributed by atoms with Crippen LogP contribution in [0.25, 0.3) is 0 Å². The number of nitrogens with two attached hydrogens (primary N) is 1. The van der Waals surface area contributed by atoms with Crippen molar-refractivity contribution in [3.05, 3.63) is 17.7 Å². The summed E-state index contributed by atoms with van der Waals surface area (Å²) in [5.74, 6) is 5.13. The number of nitrogens with zero attached hydrogens (tertiary/aromatic N) is 2. The summed E-state index contributed by atoms with van der Waals surface area (Å²) in [4.78, 5) is 20.3. The van der Waals surface area contributed by atoms with Crippen molar-refractivity contribution in [3.63, 3.8) is 0 Å². The Labute approximate surface area is 123 Å². The predicted octanol–water partition coefficient (Wildman–Crippen LogP) is -0.835. The average molecular weight is 316 g/mol. The maximum Gasteiger partial charge on any atom is 0.272 e. The highest BCUT2D eigenvalue weighted by molar-refractivity contribution is 7.89. The molecule has 0 saturated heterocycles. The number of nitrogens with one attached hydrogen (secondary N) is 3. The zero-order valence-corrected chi connectivity index (χ0v) is 13.0. The highest BCUT2D eigenvalue weighted by atomic mass is 32.2. The van der Waals surface area contributed by atoms with Crippen LogP contribution in [0.15, 0.2) is 6.20 Å². The van der Waals surface area contributed by atoms with E-state index in [4.69, 9.17) is 5.84 Å². The third kappa shape index (κ3) is 4.92. The van der Waals surface area contributed by atoms with Gasteiger partial charge in [-0.25, -0.2) is 23.1 Å². The molecule has 9 nitrogen and oxygen atoms in total. The van der Waals surface area contributed by atoms with E-state index in [1.807, 2.05) is 13.8 Å². The van der Waals surface area contributed by atoms with Crippen molar-refractivity contribution < 1.29 is 13.2 Å². The Kier molecular flexibility index (Phi) is 6.00. The van der Waals surface area contributed by atoms with Crippen LogP contribution in [0.2, 0.25) is 0 Å². The third-order valence-electron chi connectivity index (χ3n) is 2.66. The number of amides is 1. The lowest BCUT2D eigenvalue weighted by Crippen LogP contribution is -2.34. The van der Waals surface area contributed by atoms with Crippen molar-refractivity contribution in [1.82, 2.24) is 20.0 Å². The van der Waals surface area contributed by atoms with Crippen LogP contribution in [0, 0.1) is 0 Å². The Balaban J connectivity index is 2.83. The number of hydrazine groups is 1. The molecule has 0 aromatic carbocycles. The van der Waals surface area contributed by atoms with Crippen LogP contribution in [-0.4, -0.2) is 43.6 Å². The number of nitrogen functional groups attached to an aromatic ring is 1. The molecule has 118 valence electrons. The van der Waals surface area contributed by atoms with Gasteiger partial charge >= 0.3 is 0 Å². The Morgan fingerprint density at radius 3 is 2.62 bits per heavy atom. The molecule has 0 aliphatic rings. The van der Waals surface area contributed by atoms with E-state index in [2.05, 4.69) is 25.4 Å². The van der Waals surface area contributed by atoms with Crippen LogP contribution in [0.5, 0.6) is 0 Å². The van der Waals surface area contributed by atoms with Crippen molar-refractivity contribution in [1.29, 1.82) is 0 Å². The molecule has 0 radical (unpaired) electrons. The first-order valence-corrected chi connectivity index (χ1v) is 7.99. The number of aromatic nitrogens is 2. The molecule has 0 aliphatic carbocycles. The molecule has 10 heteroatoms. The number of sulfonamides is 1. The molecule has 0 saturated carbocycles. The highest BCUT2D eigenvalue weighted by Gasteiger charge is 2.16. The molecule has 21 heavy (non-hydrogen) atoms. The first-order valence-electron chi connectivity index (χ1n) is 6.33. The molecule has 0 aliphatic heterocycles. The molecule has 0 spiro atoms. The molecule has 1 aromatic rings. The van der Waals surface area contributed by atoms with Gasteiger partial charge in [0.1, 0.15) is 5.82 Å². The summed E-state index contributed by atoms with van der Waals surface area (Å²) in [5.41, 5.74) is 2.70. The first kappa shape index (κ1) is 17.3.